The lowest BCUT2D eigenvalue weighted by Gasteiger charge is -2.32. The van der Waals surface area contributed by atoms with Gasteiger partial charge in [-0.15, -0.1) is 0 Å². The van der Waals surface area contributed by atoms with E-state index in [4.69, 9.17) is 13.9 Å². The van der Waals surface area contributed by atoms with Gasteiger partial charge in [-0.1, -0.05) is 18.2 Å². The Balaban J connectivity index is 1.80. The van der Waals surface area contributed by atoms with Crippen LogP contribution in [0.2, 0.25) is 0 Å². The third-order valence-electron chi connectivity index (χ3n) is 6.64. The van der Waals surface area contributed by atoms with Crippen molar-refractivity contribution in [2.75, 3.05) is 6.61 Å². The monoisotopic (exact) mass is 422 g/mol. The molecule has 0 amide bonds. The van der Waals surface area contributed by atoms with Crippen molar-refractivity contribution in [1.82, 2.24) is 0 Å². The number of epoxide rings is 1. The molecule has 5 rings (SSSR count). The van der Waals surface area contributed by atoms with Gasteiger partial charge in [-0.05, 0) is 51.0 Å². The number of benzene rings is 2. The summed E-state index contributed by atoms with van der Waals surface area (Å²) in [5.41, 5.74) is 2.87. The van der Waals surface area contributed by atoms with Crippen LogP contribution in [0, 0.1) is 12.8 Å². The Hall–Kier alpha value is -2.83. The van der Waals surface area contributed by atoms with E-state index in [2.05, 4.69) is 6.58 Å². The summed E-state index contributed by atoms with van der Waals surface area (Å²) in [7, 11) is 0. The Bertz CT molecular complexity index is 1320. The van der Waals surface area contributed by atoms with Gasteiger partial charge in [0.05, 0.1) is 29.8 Å². The zero-order valence-corrected chi connectivity index (χ0v) is 18.1. The maximum atomic E-state index is 13.7. The number of aliphatic hydroxyl groups is 1. The summed E-state index contributed by atoms with van der Waals surface area (Å²) in [5, 5.41) is 22.0. The molecule has 6 heteroatoms. The molecular formula is C25H26O6. The van der Waals surface area contributed by atoms with Gasteiger partial charge >= 0.3 is 0 Å². The van der Waals surface area contributed by atoms with Gasteiger partial charge in [0, 0.05) is 17.9 Å². The Morgan fingerprint density at radius 1 is 1.29 bits per heavy atom. The van der Waals surface area contributed by atoms with Crippen LogP contribution < -0.4 is 10.2 Å². The smallest absolute Gasteiger partial charge is 0.204 e. The van der Waals surface area contributed by atoms with Crippen LogP contribution in [0.5, 0.6) is 11.5 Å². The molecule has 1 fully saturated rings. The Morgan fingerprint density at radius 3 is 2.65 bits per heavy atom. The zero-order valence-electron chi connectivity index (χ0n) is 18.1. The molecule has 2 aliphatic heterocycles. The first kappa shape index (κ1) is 20.1. The molecule has 1 aromatic heterocycles. The standard InChI is InChI=1S/C25H26O6/c1-11(2)14-10-29-23-12(3)8-16-19(20(23)21(14)27)22(28)18-15(26)7-6-13(24(18)30-16)9-17-25(4,5)31-17/h6-8,14,17,21,26-27H,1,9-10H2,2-5H3/t14-,17+,21-/m1/s1. The average molecular weight is 422 g/mol. The maximum absolute atomic E-state index is 13.7. The SMILES string of the molecule is C=C(C)[C@H]1COc2c(C)cc3oc4c(C[C@@H]5OC5(C)C)ccc(O)c4c(=O)c3c2[C@@H]1O. The minimum atomic E-state index is -0.949. The number of rotatable bonds is 3. The average Bonchev–Trinajstić information content (AvgIpc) is 3.29. The number of phenolic OH excluding ortho intramolecular Hbond substituents is 1. The highest BCUT2D eigenvalue weighted by Crippen LogP contribution is 2.45. The molecular weight excluding hydrogens is 396 g/mol. The molecule has 1 saturated heterocycles. The van der Waals surface area contributed by atoms with E-state index < -0.39 is 6.10 Å². The van der Waals surface area contributed by atoms with Crippen molar-refractivity contribution in [3.8, 4) is 11.5 Å². The van der Waals surface area contributed by atoms with Crippen molar-refractivity contribution < 1.29 is 24.1 Å². The Morgan fingerprint density at radius 2 is 2.00 bits per heavy atom. The lowest BCUT2D eigenvalue weighted by atomic mass is 9.85. The van der Waals surface area contributed by atoms with Crippen molar-refractivity contribution in [3.05, 3.63) is 57.3 Å². The van der Waals surface area contributed by atoms with Crippen LogP contribution in [0.3, 0.4) is 0 Å². The summed E-state index contributed by atoms with van der Waals surface area (Å²) < 4.78 is 17.9. The largest absolute Gasteiger partial charge is 0.507 e. The van der Waals surface area contributed by atoms with Crippen molar-refractivity contribution in [2.24, 2.45) is 5.92 Å². The number of aromatic hydroxyl groups is 1. The molecule has 0 spiro atoms. The quantitative estimate of drug-likeness (QED) is 0.371. The number of hydrogen-bond acceptors (Lipinski definition) is 6. The molecule has 2 aliphatic rings. The Kier molecular flexibility index (Phi) is 4.27. The fourth-order valence-electron chi connectivity index (χ4n) is 4.63. The Labute approximate surface area is 179 Å². The lowest BCUT2D eigenvalue weighted by Crippen LogP contribution is -2.28. The van der Waals surface area contributed by atoms with Gasteiger partial charge in [-0.3, -0.25) is 4.79 Å². The van der Waals surface area contributed by atoms with Crippen LogP contribution in [-0.4, -0.2) is 28.5 Å². The normalized spacial score (nSPS) is 24.1. The van der Waals surface area contributed by atoms with Crippen LogP contribution in [0.25, 0.3) is 21.9 Å². The van der Waals surface area contributed by atoms with Crippen LogP contribution in [0.4, 0.5) is 0 Å². The number of hydrogen-bond donors (Lipinski definition) is 2. The minimum Gasteiger partial charge on any atom is -0.507 e. The zero-order chi connectivity index (χ0) is 22.2. The number of fused-ring (bicyclic) bond motifs is 4. The van der Waals surface area contributed by atoms with Gasteiger partial charge in [0.25, 0.3) is 0 Å². The molecule has 0 saturated carbocycles. The molecule has 0 aliphatic carbocycles. The number of aliphatic hydroxyl groups excluding tert-OH is 1. The molecule has 0 bridgehead atoms. The maximum Gasteiger partial charge on any atom is 0.204 e. The first-order valence-corrected chi connectivity index (χ1v) is 10.5. The van der Waals surface area contributed by atoms with Crippen molar-refractivity contribution in [1.29, 1.82) is 0 Å². The van der Waals surface area contributed by atoms with Crippen LogP contribution in [0.1, 0.15) is 43.6 Å². The highest BCUT2D eigenvalue weighted by Gasteiger charge is 2.47. The van der Waals surface area contributed by atoms with E-state index in [0.717, 1.165) is 16.7 Å². The van der Waals surface area contributed by atoms with Gasteiger partial charge in [-0.2, -0.15) is 0 Å². The molecule has 3 atom stereocenters. The van der Waals surface area contributed by atoms with Gasteiger partial charge in [0.15, 0.2) is 0 Å². The highest BCUT2D eigenvalue weighted by atomic mass is 16.6. The molecule has 3 heterocycles. The third kappa shape index (κ3) is 2.97. The van der Waals surface area contributed by atoms with Gasteiger partial charge in [0.1, 0.15) is 28.1 Å². The lowest BCUT2D eigenvalue weighted by molar-refractivity contribution is 0.0701. The van der Waals surface area contributed by atoms with Crippen molar-refractivity contribution in [3.63, 3.8) is 0 Å². The topological polar surface area (TPSA) is 92.4 Å². The number of phenols is 1. The molecule has 31 heavy (non-hydrogen) atoms. The first-order chi connectivity index (χ1) is 14.6. The third-order valence-corrected chi connectivity index (χ3v) is 6.64. The molecule has 162 valence electrons. The molecule has 2 N–H and O–H groups in total. The second-order valence-corrected chi connectivity index (χ2v) is 9.31. The fourth-order valence-corrected chi connectivity index (χ4v) is 4.63. The van der Waals surface area contributed by atoms with E-state index in [1.807, 2.05) is 27.7 Å². The van der Waals surface area contributed by atoms with E-state index in [0.29, 0.717) is 35.5 Å². The summed E-state index contributed by atoms with van der Waals surface area (Å²) >= 11 is 0. The summed E-state index contributed by atoms with van der Waals surface area (Å²) in [5.74, 6) is 0.0112. The number of ether oxygens (including phenoxy) is 2. The van der Waals surface area contributed by atoms with Crippen LogP contribution in [-0.2, 0) is 11.2 Å². The van der Waals surface area contributed by atoms with Gasteiger partial charge in [-0.25, -0.2) is 0 Å². The van der Waals surface area contributed by atoms with Crippen molar-refractivity contribution >= 4 is 21.9 Å². The highest BCUT2D eigenvalue weighted by molar-refractivity contribution is 5.97. The van der Waals surface area contributed by atoms with Gasteiger partial charge < -0.3 is 24.1 Å². The van der Waals surface area contributed by atoms with E-state index in [1.165, 1.54) is 6.07 Å². The number of aryl methyl sites for hydroxylation is 1. The second kappa shape index (κ2) is 6.58. The predicted molar refractivity (Wildman–Crippen MR) is 118 cm³/mol. The van der Waals surface area contributed by atoms with E-state index in [-0.39, 0.29) is 39.6 Å². The predicted octanol–water partition coefficient (Wildman–Crippen LogP) is 4.30. The summed E-state index contributed by atoms with van der Waals surface area (Å²) in [6, 6.07) is 5.04. The van der Waals surface area contributed by atoms with E-state index in [9.17, 15) is 15.0 Å². The molecule has 6 nitrogen and oxygen atoms in total. The summed E-state index contributed by atoms with van der Waals surface area (Å²) in [4.78, 5) is 13.7. The molecule has 0 unspecified atom stereocenters. The van der Waals surface area contributed by atoms with Crippen LogP contribution in [0.15, 0.2) is 39.6 Å². The fraction of sp³-hybridized carbons (Fsp3) is 0.400. The van der Waals surface area contributed by atoms with E-state index in [1.54, 1.807) is 12.1 Å². The summed E-state index contributed by atoms with van der Waals surface area (Å²) in [6.07, 6.45) is -0.348. The summed E-state index contributed by atoms with van der Waals surface area (Å²) in [6.45, 7) is 12.0. The first-order valence-electron chi connectivity index (χ1n) is 10.5. The van der Waals surface area contributed by atoms with Crippen LogP contribution >= 0.6 is 0 Å². The molecule has 0 radical (unpaired) electrons. The molecule has 2 aromatic carbocycles. The molecule has 3 aromatic rings. The van der Waals surface area contributed by atoms with Crippen molar-refractivity contribution in [2.45, 2.75) is 51.9 Å². The second-order valence-electron chi connectivity index (χ2n) is 9.31. The minimum absolute atomic E-state index is 0.0260. The van der Waals surface area contributed by atoms with E-state index >= 15 is 0 Å². The van der Waals surface area contributed by atoms with Gasteiger partial charge in [0.2, 0.25) is 5.43 Å².